The first-order valence-electron chi connectivity index (χ1n) is 8.26. The summed E-state index contributed by atoms with van der Waals surface area (Å²) in [6.07, 6.45) is 2.88. The Morgan fingerprint density at radius 2 is 2.16 bits per heavy atom. The van der Waals surface area contributed by atoms with Gasteiger partial charge in [-0.1, -0.05) is 0 Å². The first-order valence-corrected chi connectivity index (χ1v) is 10.6. The van der Waals surface area contributed by atoms with Crippen molar-refractivity contribution in [2.75, 3.05) is 11.4 Å². The second kappa shape index (κ2) is 6.89. The summed E-state index contributed by atoms with van der Waals surface area (Å²) in [6, 6.07) is 2.68. The molecule has 0 aromatic carbocycles. The van der Waals surface area contributed by atoms with E-state index in [0.29, 0.717) is 25.3 Å². The third kappa shape index (κ3) is 3.49. The molecular weight excluding hydrogens is 360 g/mol. The summed E-state index contributed by atoms with van der Waals surface area (Å²) in [5.74, 6) is 0.480. The van der Waals surface area contributed by atoms with Crippen LogP contribution in [0.2, 0.25) is 0 Å². The Morgan fingerprint density at radius 3 is 2.80 bits per heavy atom. The van der Waals surface area contributed by atoms with Gasteiger partial charge in [-0.3, -0.25) is 9.69 Å². The van der Waals surface area contributed by atoms with Crippen LogP contribution in [0, 0.1) is 13.8 Å². The quantitative estimate of drug-likeness (QED) is 0.858. The van der Waals surface area contributed by atoms with Gasteiger partial charge in [0.15, 0.2) is 0 Å². The number of nitrogens with zero attached hydrogens (tertiary/aromatic N) is 3. The first kappa shape index (κ1) is 18.1. The molecular formula is C16H22N4O3S2. The molecule has 1 atom stereocenters. The van der Waals surface area contributed by atoms with Crippen molar-refractivity contribution in [1.82, 2.24) is 14.5 Å². The van der Waals surface area contributed by atoms with Crippen LogP contribution in [0.25, 0.3) is 0 Å². The Bertz CT molecular complexity index is 885. The van der Waals surface area contributed by atoms with Crippen LogP contribution in [0.4, 0.5) is 5.82 Å². The van der Waals surface area contributed by atoms with Crippen molar-refractivity contribution in [2.24, 2.45) is 0 Å². The van der Waals surface area contributed by atoms with E-state index in [-0.39, 0.29) is 10.8 Å². The number of aryl methyl sites for hydroxylation is 3. The largest absolute Gasteiger partial charge is 0.296 e. The molecule has 25 heavy (non-hydrogen) atoms. The highest BCUT2D eigenvalue weighted by Crippen LogP contribution is 2.26. The predicted molar refractivity (Wildman–Crippen MR) is 97.4 cm³/mol. The Hall–Kier alpha value is -1.71. The number of hydrogen-bond donors (Lipinski definition) is 1. The highest BCUT2D eigenvalue weighted by molar-refractivity contribution is 7.89. The Morgan fingerprint density at radius 1 is 1.40 bits per heavy atom. The van der Waals surface area contributed by atoms with E-state index in [2.05, 4.69) is 9.82 Å². The lowest BCUT2D eigenvalue weighted by Gasteiger charge is -2.32. The lowest BCUT2D eigenvalue weighted by Crippen LogP contribution is -2.52. The number of sulfonamides is 1. The molecule has 7 nitrogen and oxygen atoms in total. The Balaban J connectivity index is 1.83. The maximum Gasteiger partial charge on any atom is 0.246 e. The summed E-state index contributed by atoms with van der Waals surface area (Å²) in [7, 11) is -3.72. The van der Waals surface area contributed by atoms with Crippen LogP contribution >= 0.6 is 11.3 Å². The van der Waals surface area contributed by atoms with Crippen LogP contribution in [0.15, 0.2) is 23.2 Å². The lowest BCUT2D eigenvalue weighted by molar-refractivity contribution is -0.121. The second-order valence-corrected chi connectivity index (χ2v) is 9.23. The molecule has 0 unspecified atom stereocenters. The monoisotopic (exact) mass is 382 g/mol. The minimum atomic E-state index is -3.72. The number of thiophene rings is 1. The van der Waals surface area contributed by atoms with Gasteiger partial charge in [-0.05, 0) is 39.7 Å². The molecule has 0 spiro atoms. The van der Waals surface area contributed by atoms with Crippen molar-refractivity contribution in [3.63, 3.8) is 0 Å². The predicted octanol–water partition coefficient (Wildman–Crippen LogP) is 2.06. The zero-order chi connectivity index (χ0) is 18.2. The van der Waals surface area contributed by atoms with Gasteiger partial charge in [-0.15, -0.1) is 11.3 Å². The molecule has 1 aliphatic rings. The number of anilines is 1. The Kier molecular flexibility index (Phi) is 4.99. The zero-order valence-corrected chi connectivity index (χ0v) is 16.2. The van der Waals surface area contributed by atoms with E-state index in [1.807, 2.05) is 13.8 Å². The topological polar surface area (TPSA) is 84.3 Å². The van der Waals surface area contributed by atoms with Crippen molar-refractivity contribution in [1.29, 1.82) is 0 Å². The van der Waals surface area contributed by atoms with Crippen LogP contribution < -0.4 is 9.62 Å². The number of rotatable bonds is 5. The van der Waals surface area contributed by atoms with Crippen molar-refractivity contribution >= 4 is 33.1 Å². The van der Waals surface area contributed by atoms with Crippen LogP contribution in [0.1, 0.15) is 29.5 Å². The van der Waals surface area contributed by atoms with Crippen LogP contribution in [0.3, 0.4) is 0 Å². The molecule has 1 fully saturated rings. The standard InChI is InChI=1S/C16H22N4O3S2/c1-4-20-15(7-8-17-20)19-9-5-6-13(16(19)21)18-25(22,23)14-10-11(2)24-12(14)3/h7-8,10,13,18H,4-6,9H2,1-3H3/t13-/m1/s1. The summed E-state index contributed by atoms with van der Waals surface area (Å²) in [4.78, 5) is 16.4. The van der Waals surface area contributed by atoms with E-state index >= 15 is 0 Å². The molecule has 9 heteroatoms. The van der Waals surface area contributed by atoms with Crippen LogP contribution in [-0.2, 0) is 21.4 Å². The van der Waals surface area contributed by atoms with Gasteiger partial charge in [0.2, 0.25) is 15.9 Å². The molecule has 1 saturated heterocycles. The maximum absolute atomic E-state index is 12.9. The smallest absolute Gasteiger partial charge is 0.246 e. The van der Waals surface area contributed by atoms with E-state index in [1.54, 1.807) is 34.8 Å². The maximum atomic E-state index is 12.9. The van der Waals surface area contributed by atoms with Crippen molar-refractivity contribution in [3.05, 3.63) is 28.1 Å². The summed E-state index contributed by atoms with van der Waals surface area (Å²) in [5, 5.41) is 4.19. The molecule has 0 saturated carbocycles. The van der Waals surface area contributed by atoms with Crippen molar-refractivity contribution < 1.29 is 13.2 Å². The van der Waals surface area contributed by atoms with E-state index < -0.39 is 16.1 Å². The normalized spacial score (nSPS) is 18.8. The van der Waals surface area contributed by atoms with Crippen LogP contribution in [0.5, 0.6) is 0 Å². The number of aromatic nitrogens is 2. The van der Waals surface area contributed by atoms with E-state index in [4.69, 9.17) is 0 Å². The number of carbonyl (C=O) groups is 1. The van der Waals surface area contributed by atoms with Gasteiger partial charge in [0.05, 0.1) is 11.1 Å². The Labute approximate surface area is 151 Å². The van der Waals surface area contributed by atoms with E-state index in [9.17, 15) is 13.2 Å². The molecule has 2 aromatic rings. The van der Waals surface area contributed by atoms with Gasteiger partial charge in [0.1, 0.15) is 11.9 Å². The molecule has 1 amide bonds. The first-order chi connectivity index (χ1) is 11.8. The number of piperidine rings is 1. The van der Waals surface area contributed by atoms with Gasteiger partial charge < -0.3 is 0 Å². The number of hydrogen-bond acceptors (Lipinski definition) is 5. The molecule has 1 aliphatic heterocycles. The minimum absolute atomic E-state index is 0.227. The van der Waals surface area contributed by atoms with Crippen molar-refractivity contribution in [2.45, 2.75) is 51.1 Å². The van der Waals surface area contributed by atoms with Gasteiger partial charge in [0.25, 0.3) is 0 Å². The third-order valence-corrected chi connectivity index (χ3v) is 6.98. The highest BCUT2D eigenvalue weighted by Gasteiger charge is 2.34. The van der Waals surface area contributed by atoms with Crippen molar-refractivity contribution in [3.8, 4) is 0 Å². The third-order valence-electron chi connectivity index (χ3n) is 4.29. The lowest BCUT2D eigenvalue weighted by atomic mass is 10.1. The minimum Gasteiger partial charge on any atom is -0.296 e. The average Bonchev–Trinajstić information content (AvgIpc) is 3.15. The van der Waals surface area contributed by atoms with Crippen LogP contribution in [-0.4, -0.2) is 36.7 Å². The SMILES string of the molecule is CCn1nccc1N1CCC[C@@H](NS(=O)(=O)c2cc(C)sc2C)C1=O. The zero-order valence-electron chi connectivity index (χ0n) is 14.5. The van der Waals surface area contributed by atoms with Gasteiger partial charge in [-0.2, -0.15) is 9.82 Å². The fourth-order valence-electron chi connectivity index (χ4n) is 3.14. The average molecular weight is 383 g/mol. The fourth-order valence-corrected chi connectivity index (χ4v) is 5.91. The number of nitrogens with one attached hydrogen (secondary N) is 1. The molecule has 2 aromatic heterocycles. The second-order valence-electron chi connectivity index (χ2n) is 6.09. The summed E-state index contributed by atoms with van der Waals surface area (Å²) in [6.45, 7) is 6.82. The number of carbonyl (C=O) groups excluding carboxylic acids is 1. The molecule has 3 heterocycles. The van der Waals surface area contributed by atoms with Gasteiger partial charge >= 0.3 is 0 Å². The molecule has 0 radical (unpaired) electrons. The fraction of sp³-hybridized carbons (Fsp3) is 0.500. The molecule has 136 valence electrons. The summed E-state index contributed by atoms with van der Waals surface area (Å²) < 4.78 is 29.7. The summed E-state index contributed by atoms with van der Waals surface area (Å²) in [5.41, 5.74) is 0. The van der Waals surface area contributed by atoms with E-state index in [1.165, 1.54) is 11.3 Å². The number of amides is 1. The molecule has 3 rings (SSSR count). The molecule has 0 aliphatic carbocycles. The van der Waals surface area contributed by atoms with Gasteiger partial charge in [0, 0.05) is 28.9 Å². The molecule has 0 bridgehead atoms. The summed E-state index contributed by atoms with van der Waals surface area (Å²) >= 11 is 1.44. The highest BCUT2D eigenvalue weighted by atomic mass is 32.2. The van der Waals surface area contributed by atoms with E-state index in [0.717, 1.165) is 16.2 Å². The van der Waals surface area contributed by atoms with Gasteiger partial charge in [-0.25, -0.2) is 13.1 Å². The molecule has 1 N–H and O–H groups in total.